The zero-order valence-electron chi connectivity index (χ0n) is 22.9. The fourth-order valence-corrected chi connectivity index (χ4v) is 6.48. The molecule has 3 aliphatic rings. The Morgan fingerprint density at radius 1 is 0.581 bits per heavy atom. The van der Waals surface area contributed by atoms with Crippen molar-refractivity contribution in [3.63, 3.8) is 0 Å². The molecule has 5 aromatic carbocycles. The minimum atomic E-state index is -0.105. The largest absolute Gasteiger partial charge is 0.500 e. The Labute approximate surface area is 265 Å². The van der Waals surface area contributed by atoms with E-state index in [0.717, 1.165) is 28.0 Å². The first kappa shape index (κ1) is 25.9. The van der Waals surface area contributed by atoms with Crippen LogP contribution < -0.4 is 25.5 Å². The molecular weight excluding hydrogens is 708 g/mol. The van der Waals surface area contributed by atoms with Gasteiger partial charge in [0.15, 0.2) is 0 Å². The Balaban J connectivity index is 0.00000278. The first-order valence-electron chi connectivity index (χ1n) is 14.1. The van der Waals surface area contributed by atoms with Crippen molar-refractivity contribution < 1.29 is 21.1 Å². The Morgan fingerprint density at radius 2 is 1.19 bits per heavy atom. The Morgan fingerprint density at radius 3 is 1.86 bits per heavy atom. The van der Waals surface area contributed by atoms with Crippen molar-refractivity contribution >= 4 is 40.5 Å². The molecule has 0 saturated carbocycles. The van der Waals surface area contributed by atoms with E-state index >= 15 is 0 Å². The summed E-state index contributed by atoms with van der Waals surface area (Å²) in [7, 11) is 0. The summed E-state index contributed by atoms with van der Waals surface area (Å²) in [6.45, 7) is 2.00. The molecule has 0 aliphatic carbocycles. The quantitative estimate of drug-likeness (QED) is 0.158. The van der Waals surface area contributed by atoms with Crippen molar-refractivity contribution in [1.29, 1.82) is 0 Å². The number of nitrogens with zero attached hydrogens (tertiary/aromatic N) is 5. The second kappa shape index (κ2) is 10.2. The average Bonchev–Trinajstić information content (AvgIpc) is 3.78. The van der Waals surface area contributed by atoms with Crippen LogP contribution in [-0.2, 0) is 21.1 Å². The van der Waals surface area contributed by atoms with Crippen molar-refractivity contribution in [1.82, 2.24) is 9.78 Å². The molecule has 0 unspecified atom stereocenters. The van der Waals surface area contributed by atoms with Gasteiger partial charge in [0.05, 0.1) is 0 Å². The van der Waals surface area contributed by atoms with Gasteiger partial charge >= 0.3 is 0 Å². The molecule has 5 nitrogen and oxygen atoms in total. The summed E-state index contributed by atoms with van der Waals surface area (Å²) in [5.41, 5.74) is 12.5. The summed E-state index contributed by atoms with van der Waals surface area (Å²) in [6, 6.07) is 46.1. The first-order chi connectivity index (χ1) is 20.8. The Kier molecular flexibility index (Phi) is 6.13. The number of benzene rings is 5. The van der Waals surface area contributed by atoms with E-state index < -0.39 is 0 Å². The molecule has 0 atom stereocenters. The van der Waals surface area contributed by atoms with Crippen LogP contribution in [0.15, 0.2) is 134 Å². The third-order valence-corrected chi connectivity index (χ3v) is 8.35. The zero-order valence-corrected chi connectivity index (χ0v) is 25.2. The summed E-state index contributed by atoms with van der Waals surface area (Å²) in [5, 5.41) is 4.50. The Bertz CT molecular complexity index is 2010. The minimum absolute atomic E-state index is 0. The van der Waals surface area contributed by atoms with Gasteiger partial charge in [-0.25, -0.2) is 0 Å². The number of aromatic nitrogens is 2. The number of rotatable bonds is 3. The molecule has 3 aliphatic heterocycles. The molecule has 7 heteroatoms. The molecule has 0 spiro atoms. The predicted octanol–water partition coefficient (Wildman–Crippen LogP) is 6.29. The topological polar surface area (TPSA) is 27.5 Å². The first-order valence-corrected chi connectivity index (χ1v) is 14.1. The average molecular weight is 732 g/mol. The summed E-state index contributed by atoms with van der Waals surface area (Å²) in [4.78, 5) is 6.74. The van der Waals surface area contributed by atoms with E-state index in [1.165, 1.54) is 33.6 Å². The zero-order chi connectivity index (χ0) is 27.6. The van der Waals surface area contributed by atoms with Crippen LogP contribution in [-0.4, -0.2) is 16.6 Å². The molecule has 9 rings (SSSR count). The van der Waals surface area contributed by atoms with Crippen molar-refractivity contribution in [2.45, 2.75) is 0 Å². The van der Waals surface area contributed by atoms with Crippen molar-refractivity contribution in [2.75, 3.05) is 14.6 Å². The molecule has 0 radical (unpaired) electrons. The monoisotopic (exact) mass is 731 g/mol. The number of para-hydroxylation sites is 3. The summed E-state index contributed by atoms with van der Waals surface area (Å²) < 4.78 is 1.88. The van der Waals surface area contributed by atoms with Crippen LogP contribution in [0.4, 0.5) is 22.7 Å². The van der Waals surface area contributed by atoms with Crippen LogP contribution in [0.1, 0.15) is 0 Å². The molecule has 6 aromatic rings. The van der Waals surface area contributed by atoms with Gasteiger partial charge in [-0.3, -0.25) is 4.68 Å². The smallest absolute Gasteiger partial charge is 0.278 e. The summed E-state index contributed by atoms with van der Waals surface area (Å²) in [5.74, 6) is 0. The van der Waals surface area contributed by atoms with Gasteiger partial charge in [0.25, 0.3) is 6.85 Å². The van der Waals surface area contributed by atoms with E-state index in [2.05, 4.69) is 148 Å². The van der Waals surface area contributed by atoms with Crippen LogP contribution in [0, 0.1) is 18.8 Å². The molecule has 43 heavy (non-hydrogen) atoms. The second-order valence-corrected chi connectivity index (χ2v) is 10.7. The van der Waals surface area contributed by atoms with Crippen LogP contribution in [0.3, 0.4) is 0 Å². The minimum Gasteiger partial charge on any atom is -0.500 e. The van der Waals surface area contributed by atoms with E-state index in [0.29, 0.717) is 0 Å². The molecule has 1 aromatic heterocycles. The van der Waals surface area contributed by atoms with Crippen molar-refractivity contribution in [2.24, 2.45) is 0 Å². The molecular formula is C36H23BN5Pt-3. The number of hydrogen-bond acceptors (Lipinski definition) is 4. The van der Waals surface area contributed by atoms with E-state index in [-0.39, 0.29) is 27.9 Å². The van der Waals surface area contributed by atoms with Crippen LogP contribution in [0.2, 0.25) is 0 Å². The second-order valence-electron chi connectivity index (χ2n) is 10.7. The SMILES string of the molecule is [Pt].[c-]1c(N2C=CN(c3ccccc3)[CH-]2)ccc2c1B1c3[c-]c(-n4cccn4)ccc3-c3ccccc3N1c1ccccc1-2. The summed E-state index contributed by atoms with van der Waals surface area (Å²) in [6.07, 6.45) is 7.95. The van der Waals surface area contributed by atoms with Gasteiger partial charge in [0.1, 0.15) is 0 Å². The van der Waals surface area contributed by atoms with Gasteiger partial charge in [-0.2, -0.15) is 40.3 Å². The van der Waals surface area contributed by atoms with E-state index in [1.807, 2.05) is 23.0 Å². The van der Waals surface area contributed by atoms with Crippen LogP contribution in [0.5, 0.6) is 0 Å². The van der Waals surface area contributed by atoms with Crippen LogP contribution >= 0.6 is 0 Å². The number of fused-ring (bicyclic) bond motifs is 11. The van der Waals surface area contributed by atoms with Gasteiger partial charge in [-0.1, -0.05) is 65.7 Å². The van der Waals surface area contributed by atoms with E-state index in [4.69, 9.17) is 0 Å². The third kappa shape index (κ3) is 4.01. The normalized spacial score (nSPS) is 14.0. The van der Waals surface area contributed by atoms with Gasteiger partial charge < -0.3 is 14.6 Å². The molecule has 0 N–H and O–H groups in total. The number of anilines is 4. The van der Waals surface area contributed by atoms with Crippen molar-refractivity contribution in [3.8, 4) is 27.9 Å². The van der Waals surface area contributed by atoms with Gasteiger partial charge in [0, 0.05) is 50.5 Å². The molecule has 0 bridgehead atoms. The fraction of sp³-hybridized carbons (Fsp3) is 0. The molecule has 0 amide bonds. The van der Waals surface area contributed by atoms with Gasteiger partial charge in [0.2, 0.25) is 0 Å². The van der Waals surface area contributed by atoms with E-state index in [1.54, 1.807) is 6.20 Å². The van der Waals surface area contributed by atoms with Crippen molar-refractivity contribution in [3.05, 3.63) is 153 Å². The maximum absolute atomic E-state index is 4.50. The number of hydrogen-bond donors (Lipinski definition) is 0. The Hall–Kier alpha value is -4.80. The maximum atomic E-state index is 4.50. The molecule has 4 heterocycles. The van der Waals surface area contributed by atoms with Crippen LogP contribution in [0.25, 0.3) is 27.9 Å². The molecule has 208 valence electrons. The predicted molar refractivity (Wildman–Crippen MR) is 171 cm³/mol. The third-order valence-electron chi connectivity index (χ3n) is 8.35. The molecule has 0 fully saturated rings. The maximum Gasteiger partial charge on any atom is 0.278 e. The van der Waals surface area contributed by atoms with Gasteiger partial charge in [-0.15, -0.1) is 35.6 Å². The van der Waals surface area contributed by atoms with Gasteiger partial charge in [-0.05, 0) is 48.4 Å². The summed E-state index contributed by atoms with van der Waals surface area (Å²) >= 11 is 0. The molecule has 0 saturated heterocycles. The standard InChI is InChI=1S/C36H23BN5.Pt/c1-2-9-26(10-3-1)39-21-22-40(25-39)27-15-17-29-31-11-4-6-13-35(31)42-36-14-7-5-12-32(36)30-18-16-28(41-20-8-19-38-41)24-34(30)37(42)33(29)23-27;/h1-22,25H;/q-3;. The van der Waals surface area contributed by atoms with E-state index in [9.17, 15) is 0 Å². The fourth-order valence-electron chi connectivity index (χ4n) is 6.48.